The van der Waals surface area contributed by atoms with Crippen molar-refractivity contribution in [3.8, 4) is 0 Å². The van der Waals surface area contributed by atoms with Gasteiger partial charge in [-0.1, -0.05) is 12.8 Å². The van der Waals surface area contributed by atoms with Crippen molar-refractivity contribution < 1.29 is 14.5 Å². The molecule has 0 radical (unpaired) electrons. The van der Waals surface area contributed by atoms with Gasteiger partial charge in [0.2, 0.25) is 5.69 Å². The number of nitro groups is 1. The largest absolute Gasteiger partial charge is 0.378 e. The summed E-state index contributed by atoms with van der Waals surface area (Å²) in [6.45, 7) is 4.18. The molecular formula is C15H22N4O4. The molecule has 0 aromatic carbocycles. The number of ether oxygens (including phenoxy) is 1. The van der Waals surface area contributed by atoms with Crippen molar-refractivity contribution in [1.29, 1.82) is 0 Å². The maximum Gasteiger partial charge on any atom is 0.322 e. The Balaban J connectivity index is 1.75. The number of carbonyl (C=O) groups excluding carboxylic acids is 1. The first kappa shape index (κ1) is 15.9. The average molecular weight is 322 g/mol. The minimum atomic E-state index is -0.567. The van der Waals surface area contributed by atoms with Crippen LogP contribution in [0.2, 0.25) is 0 Å². The molecule has 2 saturated carbocycles. The molecule has 1 heterocycles. The van der Waals surface area contributed by atoms with Crippen molar-refractivity contribution >= 4 is 11.6 Å². The van der Waals surface area contributed by atoms with Gasteiger partial charge < -0.3 is 10.1 Å². The van der Waals surface area contributed by atoms with Gasteiger partial charge in [-0.3, -0.25) is 20.0 Å². The summed E-state index contributed by atoms with van der Waals surface area (Å²) in [5.41, 5.74) is -0.105. The normalized spacial score (nSPS) is 25.3. The maximum absolute atomic E-state index is 12.5. The Bertz CT molecular complexity index is 621. The molecular weight excluding hydrogens is 300 g/mol. The summed E-state index contributed by atoms with van der Waals surface area (Å²) in [6.07, 6.45) is 5.27. The minimum Gasteiger partial charge on any atom is -0.378 e. The molecule has 8 heteroatoms. The molecule has 126 valence electrons. The quantitative estimate of drug-likeness (QED) is 0.637. The van der Waals surface area contributed by atoms with Crippen LogP contribution in [0.3, 0.4) is 0 Å². The van der Waals surface area contributed by atoms with Crippen molar-refractivity contribution in [2.45, 2.75) is 58.1 Å². The number of amides is 1. The summed E-state index contributed by atoms with van der Waals surface area (Å²) in [6, 6.07) is 0.00524. The number of H-pyrrole nitrogens is 1. The highest BCUT2D eigenvalue weighted by molar-refractivity contribution is 5.96. The van der Waals surface area contributed by atoms with Crippen LogP contribution in [0.5, 0.6) is 0 Å². The van der Waals surface area contributed by atoms with Gasteiger partial charge in [-0.05, 0) is 33.1 Å². The molecule has 0 unspecified atom stereocenters. The fourth-order valence-corrected chi connectivity index (χ4v) is 4.12. The number of carbonyl (C=O) groups is 1. The Hall–Kier alpha value is -1.96. The third-order valence-electron chi connectivity index (χ3n) is 5.31. The SMILES string of the molecule is CCO[C@H]1C[C@@H](NC(=O)c2n[nH]c(C)c2[N+](=O)[O-])C12CCCC2. The Morgan fingerprint density at radius 3 is 2.83 bits per heavy atom. The lowest BCUT2D eigenvalue weighted by atomic mass is 9.60. The number of nitrogens with one attached hydrogen (secondary N) is 2. The van der Waals surface area contributed by atoms with Crippen LogP contribution in [0.15, 0.2) is 0 Å². The van der Waals surface area contributed by atoms with E-state index < -0.39 is 10.8 Å². The van der Waals surface area contributed by atoms with Gasteiger partial charge in [0.25, 0.3) is 5.91 Å². The van der Waals surface area contributed by atoms with E-state index in [0.29, 0.717) is 6.61 Å². The molecule has 1 aromatic heterocycles. The zero-order valence-corrected chi connectivity index (χ0v) is 13.4. The molecule has 0 saturated heterocycles. The number of aromatic amines is 1. The first-order valence-corrected chi connectivity index (χ1v) is 8.11. The number of rotatable bonds is 5. The fourth-order valence-electron chi connectivity index (χ4n) is 4.12. The first-order valence-electron chi connectivity index (χ1n) is 8.11. The molecule has 2 aliphatic carbocycles. The van der Waals surface area contributed by atoms with Crippen LogP contribution >= 0.6 is 0 Å². The minimum absolute atomic E-state index is 0.00524. The van der Waals surface area contributed by atoms with E-state index in [1.165, 1.54) is 6.92 Å². The standard InChI is InChI=1S/C15H22N4O4/c1-3-23-11-8-10(15(11)6-4-5-7-15)16-14(20)12-13(19(21)22)9(2)17-18-12/h10-11H,3-8H2,1-2H3,(H,16,20)(H,17,18)/t10-,11+/m1/s1. The van der Waals surface area contributed by atoms with E-state index in [9.17, 15) is 14.9 Å². The van der Waals surface area contributed by atoms with Crippen molar-refractivity contribution in [1.82, 2.24) is 15.5 Å². The molecule has 1 spiro atoms. The van der Waals surface area contributed by atoms with Gasteiger partial charge in [0.15, 0.2) is 0 Å². The van der Waals surface area contributed by atoms with E-state index in [4.69, 9.17) is 4.74 Å². The number of hydrogen-bond donors (Lipinski definition) is 2. The average Bonchev–Trinajstić information content (AvgIpc) is 3.14. The third kappa shape index (κ3) is 2.50. The van der Waals surface area contributed by atoms with Crippen LogP contribution in [-0.2, 0) is 4.74 Å². The number of hydrogen-bond acceptors (Lipinski definition) is 5. The second-order valence-electron chi connectivity index (χ2n) is 6.45. The lowest BCUT2D eigenvalue weighted by Gasteiger charge is -2.53. The highest BCUT2D eigenvalue weighted by atomic mass is 16.6. The third-order valence-corrected chi connectivity index (χ3v) is 5.31. The van der Waals surface area contributed by atoms with Gasteiger partial charge in [-0.15, -0.1) is 0 Å². The van der Waals surface area contributed by atoms with Crippen LogP contribution in [0.4, 0.5) is 5.69 Å². The van der Waals surface area contributed by atoms with Crippen LogP contribution in [0.25, 0.3) is 0 Å². The topological polar surface area (TPSA) is 110 Å². The number of aryl methyl sites for hydroxylation is 1. The summed E-state index contributed by atoms with van der Waals surface area (Å²) in [5.74, 6) is -0.479. The molecule has 1 aromatic rings. The molecule has 8 nitrogen and oxygen atoms in total. The Morgan fingerprint density at radius 1 is 1.52 bits per heavy atom. The van der Waals surface area contributed by atoms with Gasteiger partial charge in [-0.25, -0.2) is 0 Å². The van der Waals surface area contributed by atoms with Crippen molar-refractivity contribution in [3.63, 3.8) is 0 Å². The van der Waals surface area contributed by atoms with Crippen molar-refractivity contribution in [3.05, 3.63) is 21.5 Å². The second-order valence-corrected chi connectivity index (χ2v) is 6.45. The summed E-state index contributed by atoms with van der Waals surface area (Å²) < 4.78 is 5.82. The predicted octanol–water partition coefficient (Wildman–Crippen LogP) is 2.09. The van der Waals surface area contributed by atoms with E-state index >= 15 is 0 Å². The molecule has 0 bridgehead atoms. The van der Waals surface area contributed by atoms with Crippen LogP contribution in [-0.4, -0.2) is 39.8 Å². The zero-order chi connectivity index (χ0) is 16.6. The van der Waals surface area contributed by atoms with Crippen LogP contribution < -0.4 is 5.32 Å². The molecule has 0 aliphatic heterocycles. The lowest BCUT2D eigenvalue weighted by molar-refractivity contribution is -0.385. The number of nitrogens with zero attached hydrogens (tertiary/aromatic N) is 2. The molecule has 2 N–H and O–H groups in total. The molecule has 23 heavy (non-hydrogen) atoms. The smallest absolute Gasteiger partial charge is 0.322 e. The first-order chi connectivity index (χ1) is 11.0. The van der Waals surface area contributed by atoms with E-state index in [1.807, 2.05) is 6.92 Å². The molecule has 1 amide bonds. The van der Waals surface area contributed by atoms with Crippen LogP contribution in [0.1, 0.15) is 55.2 Å². The maximum atomic E-state index is 12.5. The van der Waals surface area contributed by atoms with Gasteiger partial charge in [-0.2, -0.15) is 5.10 Å². The Labute approximate surface area is 134 Å². The van der Waals surface area contributed by atoms with E-state index in [1.54, 1.807) is 0 Å². The van der Waals surface area contributed by atoms with Gasteiger partial charge in [0.05, 0.1) is 11.0 Å². The van der Waals surface area contributed by atoms with E-state index in [0.717, 1.165) is 32.1 Å². The predicted molar refractivity (Wildman–Crippen MR) is 82.2 cm³/mol. The van der Waals surface area contributed by atoms with Crippen LogP contribution in [0, 0.1) is 22.5 Å². The molecule has 3 rings (SSSR count). The summed E-state index contributed by atoms with van der Waals surface area (Å²) in [4.78, 5) is 23.0. The number of aromatic nitrogens is 2. The van der Waals surface area contributed by atoms with Gasteiger partial charge in [0.1, 0.15) is 5.69 Å². The van der Waals surface area contributed by atoms with Crippen molar-refractivity contribution in [2.75, 3.05) is 6.61 Å². The molecule has 2 atom stereocenters. The molecule has 2 fully saturated rings. The second kappa shape index (κ2) is 5.92. The summed E-state index contributed by atoms with van der Waals surface area (Å²) in [7, 11) is 0. The summed E-state index contributed by atoms with van der Waals surface area (Å²) >= 11 is 0. The Kier molecular flexibility index (Phi) is 4.09. The van der Waals surface area contributed by atoms with Gasteiger partial charge in [0, 0.05) is 18.1 Å². The highest BCUT2D eigenvalue weighted by Gasteiger charge is 2.57. The highest BCUT2D eigenvalue weighted by Crippen LogP contribution is 2.54. The monoisotopic (exact) mass is 322 g/mol. The van der Waals surface area contributed by atoms with E-state index in [-0.39, 0.29) is 34.6 Å². The Morgan fingerprint density at radius 2 is 2.22 bits per heavy atom. The van der Waals surface area contributed by atoms with E-state index in [2.05, 4.69) is 15.5 Å². The lowest BCUT2D eigenvalue weighted by Crippen LogP contribution is -2.63. The van der Waals surface area contributed by atoms with Gasteiger partial charge >= 0.3 is 5.69 Å². The fraction of sp³-hybridized carbons (Fsp3) is 0.733. The zero-order valence-electron chi connectivity index (χ0n) is 13.4. The van der Waals surface area contributed by atoms with Crippen molar-refractivity contribution in [2.24, 2.45) is 5.41 Å². The summed E-state index contributed by atoms with van der Waals surface area (Å²) in [5, 5.41) is 20.4. The molecule has 2 aliphatic rings.